The second-order valence-corrected chi connectivity index (χ2v) is 6.71. The van der Waals surface area contributed by atoms with Crippen LogP contribution in [0.15, 0.2) is 24.3 Å². The zero-order chi connectivity index (χ0) is 14.8. The summed E-state index contributed by atoms with van der Waals surface area (Å²) in [4.78, 5) is 14.7. The number of nitrogens with one attached hydrogen (secondary N) is 1. The van der Waals surface area contributed by atoms with Crippen LogP contribution in [-0.2, 0) is 5.41 Å². The Bertz CT molecular complexity index is 470. The molecule has 2 rings (SSSR count). The lowest BCUT2D eigenvalue weighted by molar-refractivity contribution is 0.0706. The Balaban J connectivity index is 2.24. The van der Waals surface area contributed by atoms with E-state index in [2.05, 4.69) is 32.2 Å². The summed E-state index contributed by atoms with van der Waals surface area (Å²) in [6.07, 6.45) is 2.23. The van der Waals surface area contributed by atoms with E-state index in [1.54, 1.807) is 0 Å². The van der Waals surface area contributed by atoms with Gasteiger partial charge in [-0.3, -0.25) is 4.79 Å². The van der Waals surface area contributed by atoms with Gasteiger partial charge in [0.05, 0.1) is 0 Å². The van der Waals surface area contributed by atoms with E-state index in [4.69, 9.17) is 0 Å². The van der Waals surface area contributed by atoms with Crippen LogP contribution in [-0.4, -0.2) is 37.0 Å². The number of hydrogen-bond acceptors (Lipinski definition) is 2. The van der Waals surface area contributed by atoms with Gasteiger partial charge in [-0.1, -0.05) is 39.0 Å². The van der Waals surface area contributed by atoms with Crippen molar-refractivity contribution in [3.05, 3.63) is 35.4 Å². The minimum absolute atomic E-state index is 0.0160. The number of likely N-dealkylation sites (N-methyl/N-ethyl adjacent to an activating group) is 1. The van der Waals surface area contributed by atoms with Gasteiger partial charge in [-0.25, -0.2) is 0 Å². The maximum absolute atomic E-state index is 12.8. The first-order valence-electron chi connectivity index (χ1n) is 7.48. The monoisotopic (exact) mass is 274 g/mol. The first-order valence-corrected chi connectivity index (χ1v) is 7.48. The van der Waals surface area contributed by atoms with Crippen LogP contribution in [0.4, 0.5) is 0 Å². The molecule has 3 nitrogen and oxygen atoms in total. The van der Waals surface area contributed by atoms with E-state index in [9.17, 15) is 4.79 Å². The van der Waals surface area contributed by atoms with Crippen molar-refractivity contribution >= 4 is 5.91 Å². The van der Waals surface area contributed by atoms with Crippen molar-refractivity contribution in [2.24, 2.45) is 0 Å². The van der Waals surface area contributed by atoms with Crippen molar-refractivity contribution in [2.75, 3.05) is 20.1 Å². The minimum atomic E-state index is -0.0160. The molecule has 0 aliphatic carbocycles. The molecule has 1 N–H and O–H groups in total. The highest BCUT2D eigenvalue weighted by Gasteiger charge is 2.27. The number of rotatable bonds is 2. The van der Waals surface area contributed by atoms with E-state index in [1.807, 2.05) is 30.1 Å². The van der Waals surface area contributed by atoms with Crippen molar-refractivity contribution in [1.82, 2.24) is 10.2 Å². The molecule has 0 spiro atoms. The highest BCUT2D eigenvalue weighted by atomic mass is 16.2. The van der Waals surface area contributed by atoms with Crippen LogP contribution in [0.5, 0.6) is 0 Å². The molecule has 20 heavy (non-hydrogen) atoms. The molecule has 0 bridgehead atoms. The first-order chi connectivity index (χ1) is 9.41. The fourth-order valence-corrected chi connectivity index (χ4v) is 2.84. The Morgan fingerprint density at radius 2 is 2.00 bits per heavy atom. The third kappa shape index (κ3) is 3.21. The molecule has 0 radical (unpaired) electrons. The third-order valence-electron chi connectivity index (χ3n) is 4.10. The number of hydrogen-bond donors (Lipinski definition) is 1. The van der Waals surface area contributed by atoms with E-state index in [1.165, 1.54) is 0 Å². The minimum Gasteiger partial charge on any atom is -0.337 e. The van der Waals surface area contributed by atoms with Gasteiger partial charge < -0.3 is 10.2 Å². The number of carbonyl (C=O) groups excluding carboxylic acids is 1. The molecule has 1 aromatic carbocycles. The van der Waals surface area contributed by atoms with Gasteiger partial charge in [0, 0.05) is 25.2 Å². The maximum atomic E-state index is 12.8. The second-order valence-electron chi connectivity index (χ2n) is 6.71. The largest absolute Gasteiger partial charge is 0.337 e. The van der Waals surface area contributed by atoms with Crippen LogP contribution in [0.2, 0.25) is 0 Å². The van der Waals surface area contributed by atoms with E-state index in [-0.39, 0.29) is 11.3 Å². The van der Waals surface area contributed by atoms with Gasteiger partial charge in [0.25, 0.3) is 5.91 Å². The van der Waals surface area contributed by atoms with Crippen molar-refractivity contribution < 1.29 is 4.79 Å². The van der Waals surface area contributed by atoms with Crippen molar-refractivity contribution in [1.29, 1.82) is 0 Å². The molecule has 0 saturated carbocycles. The summed E-state index contributed by atoms with van der Waals surface area (Å²) >= 11 is 0. The van der Waals surface area contributed by atoms with Gasteiger partial charge in [0.1, 0.15) is 0 Å². The van der Waals surface area contributed by atoms with E-state index < -0.39 is 0 Å². The Hall–Kier alpha value is -1.35. The standard InChI is InChI=1S/C17H26N2O/c1-17(2,3)15-10-6-5-9-14(15)16(20)19(4)13-8-7-11-18-12-13/h5-6,9-10,13,18H,7-8,11-12H2,1-4H3/t13-/m1/s1. The molecule has 1 aliphatic heterocycles. The van der Waals surface area contributed by atoms with Crippen LogP contribution >= 0.6 is 0 Å². The molecular formula is C17H26N2O. The molecular weight excluding hydrogens is 248 g/mol. The predicted molar refractivity (Wildman–Crippen MR) is 83.1 cm³/mol. The number of carbonyl (C=O) groups is 1. The molecule has 3 heteroatoms. The van der Waals surface area contributed by atoms with Crippen molar-refractivity contribution in [3.63, 3.8) is 0 Å². The fraction of sp³-hybridized carbons (Fsp3) is 0.588. The summed E-state index contributed by atoms with van der Waals surface area (Å²) in [6.45, 7) is 8.43. The third-order valence-corrected chi connectivity index (χ3v) is 4.10. The zero-order valence-electron chi connectivity index (χ0n) is 13.1. The highest BCUT2D eigenvalue weighted by Crippen LogP contribution is 2.27. The van der Waals surface area contributed by atoms with Gasteiger partial charge in [-0.05, 0) is 36.4 Å². The fourth-order valence-electron chi connectivity index (χ4n) is 2.84. The van der Waals surface area contributed by atoms with Crippen molar-refractivity contribution in [2.45, 2.75) is 45.1 Å². The summed E-state index contributed by atoms with van der Waals surface area (Å²) in [6, 6.07) is 8.30. The molecule has 1 heterocycles. The van der Waals surface area contributed by atoms with Gasteiger partial charge in [-0.15, -0.1) is 0 Å². The Labute approximate surface area is 122 Å². The van der Waals surface area contributed by atoms with Crippen molar-refractivity contribution in [3.8, 4) is 0 Å². The zero-order valence-corrected chi connectivity index (χ0v) is 13.1. The van der Waals surface area contributed by atoms with Gasteiger partial charge in [0.15, 0.2) is 0 Å². The Kier molecular flexibility index (Phi) is 4.48. The molecule has 110 valence electrons. The maximum Gasteiger partial charge on any atom is 0.254 e. The number of piperidine rings is 1. The summed E-state index contributed by atoms with van der Waals surface area (Å²) in [7, 11) is 1.93. The molecule has 0 aromatic heterocycles. The van der Waals surface area contributed by atoms with E-state index >= 15 is 0 Å². The quantitative estimate of drug-likeness (QED) is 0.899. The molecule has 0 unspecified atom stereocenters. The topological polar surface area (TPSA) is 32.3 Å². The summed E-state index contributed by atoms with van der Waals surface area (Å²) in [5.74, 6) is 0.143. The molecule has 1 fully saturated rings. The average Bonchev–Trinajstić information content (AvgIpc) is 2.46. The Morgan fingerprint density at radius 3 is 2.60 bits per heavy atom. The molecule has 1 atom stereocenters. The van der Waals surface area contributed by atoms with Gasteiger partial charge in [-0.2, -0.15) is 0 Å². The van der Waals surface area contributed by atoms with Gasteiger partial charge in [0.2, 0.25) is 0 Å². The molecule has 1 amide bonds. The summed E-state index contributed by atoms with van der Waals surface area (Å²) < 4.78 is 0. The first kappa shape index (κ1) is 15.0. The van der Waals surface area contributed by atoms with E-state index in [0.29, 0.717) is 6.04 Å². The van der Waals surface area contributed by atoms with Gasteiger partial charge >= 0.3 is 0 Å². The SMILES string of the molecule is CN(C(=O)c1ccccc1C(C)(C)C)[C@@H]1CCCNC1. The summed E-state index contributed by atoms with van der Waals surface area (Å²) in [5, 5.41) is 3.37. The smallest absolute Gasteiger partial charge is 0.254 e. The lowest BCUT2D eigenvalue weighted by atomic mass is 9.83. The van der Waals surface area contributed by atoms with Crippen LogP contribution in [0.25, 0.3) is 0 Å². The van der Waals surface area contributed by atoms with Crippen LogP contribution in [0, 0.1) is 0 Å². The number of amides is 1. The second kappa shape index (κ2) is 5.96. The Morgan fingerprint density at radius 1 is 1.30 bits per heavy atom. The molecule has 1 aromatic rings. The number of nitrogens with zero attached hydrogens (tertiary/aromatic N) is 1. The number of benzene rings is 1. The summed E-state index contributed by atoms with van der Waals surface area (Å²) in [5.41, 5.74) is 1.95. The molecule has 1 saturated heterocycles. The lowest BCUT2D eigenvalue weighted by Crippen LogP contribution is -2.47. The van der Waals surface area contributed by atoms with E-state index in [0.717, 1.165) is 37.1 Å². The highest BCUT2D eigenvalue weighted by molar-refractivity contribution is 5.96. The lowest BCUT2D eigenvalue weighted by Gasteiger charge is -2.33. The van der Waals surface area contributed by atoms with Crippen LogP contribution in [0.1, 0.15) is 49.5 Å². The normalized spacial score (nSPS) is 19.7. The molecule has 1 aliphatic rings. The average molecular weight is 274 g/mol. The predicted octanol–water partition coefficient (Wildman–Crippen LogP) is 2.81. The van der Waals surface area contributed by atoms with Crippen LogP contribution in [0.3, 0.4) is 0 Å². The van der Waals surface area contributed by atoms with Crippen LogP contribution < -0.4 is 5.32 Å².